The Labute approximate surface area is 98.5 Å². The topological polar surface area (TPSA) is 3.24 Å². The maximum Gasteiger partial charge on any atom is 0.00530 e. The molecular weight excluding hydrogens is 194 g/mol. The molecule has 0 spiro atoms. The van der Waals surface area contributed by atoms with Gasteiger partial charge in [-0.25, -0.2) is 0 Å². The Morgan fingerprint density at radius 3 is 3.06 bits per heavy atom. The Hall–Kier alpha value is -0.820. The first-order valence-electron chi connectivity index (χ1n) is 6.59. The Balaban J connectivity index is 1.91. The quantitative estimate of drug-likeness (QED) is 0.696. The number of rotatable bonds is 1. The minimum atomic E-state index is 0.823. The van der Waals surface area contributed by atoms with Crippen LogP contribution in [0.5, 0.6) is 0 Å². The molecule has 1 heteroatoms. The van der Waals surface area contributed by atoms with Crippen LogP contribution < -0.4 is 0 Å². The van der Waals surface area contributed by atoms with Crippen LogP contribution in [0.2, 0.25) is 0 Å². The molecule has 1 fully saturated rings. The number of hydrogen-bond acceptors (Lipinski definition) is 1. The van der Waals surface area contributed by atoms with E-state index < -0.39 is 0 Å². The van der Waals surface area contributed by atoms with Crippen LogP contribution in [-0.2, 0) is 6.42 Å². The second kappa shape index (κ2) is 3.89. The summed E-state index contributed by atoms with van der Waals surface area (Å²) in [7, 11) is 0. The van der Waals surface area contributed by atoms with Gasteiger partial charge in [-0.05, 0) is 49.9 Å². The molecule has 0 unspecified atom stereocenters. The summed E-state index contributed by atoms with van der Waals surface area (Å²) in [5, 5.41) is 0. The van der Waals surface area contributed by atoms with Crippen LogP contribution in [0.25, 0.3) is 0 Å². The normalized spacial score (nSPS) is 28.9. The van der Waals surface area contributed by atoms with Gasteiger partial charge in [-0.2, -0.15) is 0 Å². The largest absolute Gasteiger partial charge is 0.303 e. The van der Waals surface area contributed by atoms with Crippen LogP contribution in [0.4, 0.5) is 0 Å². The molecule has 0 N–H and O–H groups in total. The molecule has 1 heterocycles. The molecule has 1 nitrogen and oxygen atoms in total. The molecule has 2 aliphatic rings. The van der Waals surface area contributed by atoms with Gasteiger partial charge in [0.15, 0.2) is 0 Å². The molecule has 1 aliphatic heterocycles. The van der Waals surface area contributed by atoms with E-state index in [1.54, 1.807) is 11.1 Å². The Bertz CT molecular complexity index is 396. The molecule has 0 saturated carbocycles. The molecular formula is C15H21N. The Kier molecular flexibility index (Phi) is 2.51. The second-order valence-corrected chi connectivity index (χ2v) is 5.45. The van der Waals surface area contributed by atoms with Crippen LogP contribution in [0.3, 0.4) is 0 Å². The average Bonchev–Trinajstić information content (AvgIpc) is 2.65. The molecule has 1 aromatic rings. The van der Waals surface area contributed by atoms with Crippen molar-refractivity contribution in [1.29, 1.82) is 0 Å². The van der Waals surface area contributed by atoms with Crippen molar-refractivity contribution in [3.63, 3.8) is 0 Å². The molecule has 1 saturated heterocycles. The summed E-state index contributed by atoms with van der Waals surface area (Å²) in [6.07, 6.45) is 2.73. The van der Waals surface area contributed by atoms with E-state index in [9.17, 15) is 0 Å². The van der Waals surface area contributed by atoms with Crippen molar-refractivity contribution < 1.29 is 0 Å². The van der Waals surface area contributed by atoms with Crippen molar-refractivity contribution in [3.05, 3.63) is 34.9 Å². The molecule has 3 rings (SSSR count). The highest BCUT2D eigenvalue weighted by molar-refractivity contribution is 5.39. The molecule has 0 aromatic heterocycles. The SMILES string of the molecule is CCN1CC[C@H]2Cc3cc(C)ccc3[C@H]2C1. The van der Waals surface area contributed by atoms with Crippen LogP contribution >= 0.6 is 0 Å². The monoisotopic (exact) mass is 215 g/mol. The van der Waals surface area contributed by atoms with E-state index in [0.29, 0.717) is 0 Å². The van der Waals surface area contributed by atoms with Gasteiger partial charge in [0.2, 0.25) is 0 Å². The van der Waals surface area contributed by atoms with Crippen LogP contribution in [-0.4, -0.2) is 24.5 Å². The highest BCUT2D eigenvalue weighted by Crippen LogP contribution is 2.42. The Morgan fingerprint density at radius 1 is 1.38 bits per heavy atom. The zero-order valence-electron chi connectivity index (χ0n) is 10.4. The van der Waals surface area contributed by atoms with Crippen molar-refractivity contribution in [2.45, 2.75) is 32.6 Å². The number of nitrogens with zero attached hydrogens (tertiary/aromatic N) is 1. The maximum absolute atomic E-state index is 2.61. The lowest BCUT2D eigenvalue weighted by Crippen LogP contribution is -2.37. The molecule has 16 heavy (non-hydrogen) atoms. The van der Waals surface area contributed by atoms with E-state index in [1.807, 2.05) is 0 Å². The Morgan fingerprint density at radius 2 is 2.25 bits per heavy atom. The first kappa shape index (κ1) is 10.3. The molecule has 1 aliphatic carbocycles. The fraction of sp³-hybridized carbons (Fsp3) is 0.600. The third-order valence-electron chi connectivity index (χ3n) is 4.47. The van der Waals surface area contributed by atoms with Gasteiger partial charge in [-0.1, -0.05) is 30.7 Å². The number of likely N-dealkylation sites (N-methyl/N-ethyl adjacent to an activating group) is 1. The van der Waals surface area contributed by atoms with Gasteiger partial charge >= 0.3 is 0 Å². The maximum atomic E-state index is 2.61. The predicted octanol–water partition coefficient (Wildman–Crippen LogP) is 2.98. The fourth-order valence-corrected chi connectivity index (χ4v) is 3.51. The van der Waals surface area contributed by atoms with Crippen LogP contribution in [0.15, 0.2) is 18.2 Å². The minimum absolute atomic E-state index is 0.823. The summed E-state index contributed by atoms with van der Waals surface area (Å²) in [5.74, 6) is 1.75. The molecule has 0 radical (unpaired) electrons. The molecule has 1 aromatic carbocycles. The van der Waals surface area contributed by atoms with Gasteiger partial charge in [0, 0.05) is 12.5 Å². The van der Waals surface area contributed by atoms with Crippen molar-refractivity contribution in [1.82, 2.24) is 4.90 Å². The van der Waals surface area contributed by atoms with Crippen molar-refractivity contribution in [2.24, 2.45) is 5.92 Å². The summed E-state index contributed by atoms with van der Waals surface area (Å²) >= 11 is 0. The number of fused-ring (bicyclic) bond motifs is 3. The standard InChI is InChI=1S/C15H21N/c1-3-16-7-6-12-9-13-8-11(2)4-5-14(13)15(12)10-16/h4-5,8,12,15H,3,6-7,9-10H2,1-2H3/t12-,15-/m0/s1. The first-order chi connectivity index (χ1) is 7.78. The van der Waals surface area contributed by atoms with E-state index in [1.165, 1.54) is 38.0 Å². The van der Waals surface area contributed by atoms with E-state index in [2.05, 4.69) is 36.9 Å². The van der Waals surface area contributed by atoms with Crippen LogP contribution in [0.1, 0.15) is 36.0 Å². The lowest BCUT2D eigenvalue weighted by atomic mass is 9.86. The van der Waals surface area contributed by atoms with Crippen molar-refractivity contribution >= 4 is 0 Å². The van der Waals surface area contributed by atoms with Gasteiger partial charge in [0.25, 0.3) is 0 Å². The van der Waals surface area contributed by atoms with E-state index in [4.69, 9.17) is 0 Å². The number of likely N-dealkylation sites (tertiary alicyclic amines) is 1. The van der Waals surface area contributed by atoms with Gasteiger partial charge < -0.3 is 4.90 Å². The number of hydrogen-bond donors (Lipinski definition) is 0. The van der Waals surface area contributed by atoms with Gasteiger partial charge in [0.05, 0.1) is 0 Å². The molecule has 0 bridgehead atoms. The third kappa shape index (κ3) is 1.58. The van der Waals surface area contributed by atoms with Gasteiger partial charge in [0.1, 0.15) is 0 Å². The van der Waals surface area contributed by atoms with E-state index >= 15 is 0 Å². The van der Waals surface area contributed by atoms with E-state index in [0.717, 1.165) is 11.8 Å². The summed E-state index contributed by atoms with van der Waals surface area (Å²) < 4.78 is 0. The number of piperidine rings is 1. The molecule has 0 amide bonds. The lowest BCUT2D eigenvalue weighted by Gasteiger charge is -2.34. The average molecular weight is 215 g/mol. The number of benzene rings is 1. The molecule has 86 valence electrons. The predicted molar refractivity (Wildman–Crippen MR) is 67.8 cm³/mol. The second-order valence-electron chi connectivity index (χ2n) is 5.45. The summed E-state index contributed by atoms with van der Waals surface area (Å²) in [4.78, 5) is 2.61. The fourth-order valence-electron chi connectivity index (χ4n) is 3.51. The zero-order valence-corrected chi connectivity index (χ0v) is 10.4. The first-order valence-corrected chi connectivity index (χ1v) is 6.59. The number of aryl methyl sites for hydroxylation is 1. The summed E-state index contributed by atoms with van der Waals surface area (Å²) in [6.45, 7) is 8.30. The van der Waals surface area contributed by atoms with Crippen molar-refractivity contribution in [2.75, 3.05) is 19.6 Å². The minimum Gasteiger partial charge on any atom is -0.303 e. The zero-order chi connectivity index (χ0) is 11.1. The summed E-state index contributed by atoms with van der Waals surface area (Å²) in [6, 6.07) is 7.07. The smallest absolute Gasteiger partial charge is 0.00530 e. The summed E-state index contributed by atoms with van der Waals surface area (Å²) in [5.41, 5.74) is 4.70. The molecule has 2 atom stereocenters. The van der Waals surface area contributed by atoms with Gasteiger partial charge in [-0.3, -0.25) is 0 Å². The van der Waals surface area contributed by atoms with Gasteiger partial charge in [-0.15, -0.1) is 0 Å². The van der Waals surface area contributed by atoms with Crippen molar-refractivity contribution in [3.8, 4) is 0 Å². The highest BCUT2D eigenvalue weighted by Gasteiger charge is 2.36. The highest BCUT2D eigenvalue weighted by atomic mass is 15.1. The van der Waals surface area contributed by atoms with E-state index in [-0.39, 0.29) is 0 Å². The lowest BCUT2D eigenvalue weighted by molar-refractivity contribution is 0.175. The van der Waals surface area contributed by atoms with Crippen LogP contribution in [0, 0.1) is 12.8 Å². The third-order valence-corrected chi connectivity index (χ3v) is 4.47.